The summed E-state index contributed by atoms with van der Waals surface area (Å²) in [6.45, 7) is 0.371. The lowest BCUT2D eigenvalue weighted by Gasteiger charge is -2.07. The molecule has 0 atom stereocenters. The summed E-state index contributed by atoms with van der Waals surface area (Å²) < 4.78 is 10.3. The van der Waals surface area contributed by atoms with Crippen molar-refractivity contribution in [1.29, 1.82) is 5.26 Å². The van der Waals surface area contributed by atoms with E-state index in [9.17, 15) is 4.79 Å². The second-order valence-electron chi connectivity index (χ2n) is 4.12. The molecule has 0 unspecified atom stereocenters. The normalized spacial score (nSPS) is 9.60. The predicted molar refractivity (Wildman–Crippen MR) is 73.3 cm³/mol. The number of hydrogen-bond acceptors (Lipinski definition) is 4. The maximum atomic E-state index is 11.4. The molecule has 2 aromatic rings. The lowest BCUT2D eigenvalue weighted by atomic mass is 10.1. The standard InChI is InChI=1S/C16H13NO3/c1-19-16(18)14-3-2-4-15(9-14)20-11-13-7-5-12(10-17)6-8-13/h2-9H,11H2,1H3. The van der Waals surface area contributed by atoms with Crippen molar-refractivity contribution in [2.75, 3.05) is 7.11 Å². The van der Waals surface area contributed by atoms with Gasteiger partial charge in [0.15, 0.2) is 0 Å². The quantitative estimate of drug-likeness (QED) is 0.799. The number of nitriles is 1. The van der Waals surface area contributed by atoms with Gasteiger partial charge in [0.05, 0.1) is 24.3 Å². The molecule has 0 aliphatic rings. The maximum Gasteiger partial charge on any atom is 0.337 e. The molecule has 4 heteroatoms. The van der Waals surface area contributed by atoms with Gasteiger partial charge in [0.25, 0.3) is 0 Å². The van der Waals surface area contributed by atoms with Crippen LogP contribution in [-0.4, -0.2) is 13.1 Å². The van der Waals surface area contributed by atoms with Gasteiger partial charge in [0.2, 0.25) is 0 Å². The second kappa shape index (κ2) is 6.39. The number of carbonyl (C=O) groups excluding carboxylic acids is 1. The number of ether oxygens (including phenoxy) is 2. The smallest absolute Gasteiger partial charge is 0.337 e. The van der Waals surface area contributed by atoms with E-state index < -0.39 is 5.97 Å². The SMILES string of the molecule is COC(=O)c1cccc(OCc2ccc(C#N)cc2)c1. The van der Waals surface area contributed by atoms with E-state index in [1.54, 1.807) is 36.4 Å². The highest BCUT2D eigenvalue weighted by molar-refractivity contribution is 5.89. The summed E-state index contributed by atoms with van der Waals surface area (Å²) in [5.41, 5.74) is 2.01. The van der Waals surface area contributed by atoms with Gasteiger partial charge in [-0.05, 0) is 35.9 Å². The van der Waals surface area contributed by atoms with Crippen LogP contribution in [0.3, 0.4) is 0 Å². The van der Waals surface area contributed by atoms with Crippen LogP contribution in [-0.2, 0) is 11.3 Å². The molecule has 100 valence electrons. The van der Waals surface area contributed by atoms with E-state index >= 15 is 0 Å². The summed E-state index contributed by atoms with van der Waals surface area (Å²) in [5, 5.41) is 8.72. The molecule has 0 aliphatic carbocycles. The van der Waals surface area contributed by atoms with Crippen molar-refractivity contribution in [3.63, 3.8) is 0 Å². The molecule has 0 N–H and O–H groups in total. The Labute approximate surface area is 117 Å². The highest BCUT2D eigenvalue weighted by Gasteiger charge is 2.06. The molecule has 0 bridgehead atoms. The van der Waals surface area contributed by atoms with Crippen molar-refractivity contribution < 1.29 is 14.3 Å². The van der Waals surface area contributed by atoms with Gasteiger partial charge in [-0.3, -0.25) is 0 Å². The van der Waals surface area contributed by atoms with Gasteiger partial charge in [-0.1, -0.05) is 18.2 Å². The molecule has 2 aromatic carbocycles. The largest absolute Gasteiger partial charge is 0.489 e. The number of nitrogens with zero attached hydrogens (tertiary/aromatic N) is 1. The fourth-order valence-electron chi connectivity index (χ4n) is 1.67. The van der Waals surface area contributed by atoms with Crippen molar-refractivity contribution in [2.45, 2.75) is 6.61 Å². The Balaban J connectivity index is 2.03. The number of rotatable bonds is 4. The summed E-state index contributed by atoms with van der Waals surface area (Å²) in [5.74, 6) is 0.200. The molecular weight excluding hydrogens is 254 g/mol. The molecule has 0 heterocycles. The average Bonchev–Trinajstić information content (AvgIpc) is 2.53. The zero-order valence-electron chi connectivity index (χ0n) is 11.0. The number of esters is 1. The molecule has 0 spiro atoms. The molecule has 0 aromatic heterocycles. The minimum atomic E-state index is -0.395. The fourth-order valence-corrected chi connectivity index (χ4v) is 1.67. The number of carbonyl (C=O) groups is 1. The van der Waals surface area contributed by atoms with Gasteiger partial charge in [0, 0.05) is 0 Å². The van der Waals surface area contributed by atoms with Crippen LogP contribution in [0.15, 0.2) is 48.5 Å². The summed E-state index contributed by atoms with van der Waals surface area (Å²) in [6.07, 6.45) is 0. The van der Waals surface area contributed by atoms with E-state index in [4.69, 9.17) is 10.00 Å². The van der Waals surface area contributed by atoms with E-state index in [-0.39, 0.29) is 0 Å². The summed E-state index contributed by atoms with van der Waals surface area (Å²) >= 11 is 0. The lowest BCUT2D eigenvalue weighted by Crippen LogP contribution is -2.02. The van der Waals surface area contributed by atoms with Crippen LogP contribution in [0, 0.1) is 11.3 Å². The van der Waals surface area contributed by atoms with Crippen molar-refractivity contribution >= 4 is 5.97 Å². The van der Waals surface area contributed by atoms with Gasteiger partial charge in [-0.15, -0.1) is 0 Å². The van der Waals surface area contributed by atoms with Crippen molar-refractivity contribution in [1.82, 2.24) is 0 Å². The first-order valence-corrected chi connectivity index (χ1v) is 6.03. The zero-order valence-corrected chi connectivity index (χ0v) is 11.0. The average molecular weight is 267 g/mol. The first kappa shape index (κ1) is 13.6. The predicted octanol–water partition coefficient (Wildman–Crippen LogP) is 2.92. The summed E-state index contributed by atoms with van der Waals surface area (Å²) in [6, 6.07) is 16.0. The van der Waals surface area contributed by atoms with Gasteiger partial charge in [0.1, 0.15) is 12.4 Å². The van der Waals surface area contributed by atoms with Crippen LogP contribution in [0.5, 0.6) is 5.75 Å². The Bertz CT molecular complexity index is 642. The fraction of sp³-hybridized carbons (Fsp3) is 0.125. The second-order valence-corrected chi connectivity index (χ2v) is 4.12. The van der Waals surface area contributed by atoms with Gasteiger partial charge >= 0.3 is 5.97 Å². The van der Waals surface area contributed by atoms with Gasteiger partial charge in [-0.2, -0.15) is 5.26 Å². The minimum Gasteiger partial charge on any atom is -0.489 e. The monoisotopic (exact) mass is 267 g/mol. The van der Waals surface area contributed by atoms with Crippen molar-refractivity contribution in [3.8, 4) is 11.8 Å². The molecule has 0 saturated heterocycles. The highest BCUT2D eigenvalue weighted by atomic mass is 16.5. The van der Waals surface area contributed by atoms with Crippen molar-refractivity contribution in [2.24, 2.45) is 0 Å². The van der Waals surface area contributed by atoms with E-state index in [1.807, 2.05) is 12.1 Å². The summed E-state index contributed by atoms with van der Waals surface area (Å²) in [4.78, 5) is 11.4. The zero-order chi connectivity index (χ0) is 14.4. The third kappa shape index (κ3) is 3.36. The first-order valence-electron chi connectivity index (χ1n) is 6.03. The number of benzene rings is 2. The van der Waals surface area contributed by atoms with Crippen molar-refractivity contribution in [3.05, 3.63) is 65.2 Å². The van der Waals surface area contributed by atoms with Crippen LogP contribution in [0.25, 0.3) is 0 Å². The molecule has 0 fully saturated rings. The molecule has 0 radical (unpaired) electrons. The third-order valence-electron chi connectivity index (χ3n) is 2.74. The topological polar surface area (TPSA) is 59.3 Å². The van der Waals surface area contributed by atoms with Crippen LogP contribution < -0.4 is 4.74 Å². The number of methoxy groups -OCH3 is 1. The van der Waals surface area contributed by atoms with E-state index in [2.05, 4.69) is 10.8 Å². The Morgan fingerprint density at radius 1 is 1.20 bits per heavy atom. The van der Waals surface area contributed by atoms with Gasteiger partial charge < -0.3 is 9.47 Å². The Hall–Kier alpha value is -2.80. The molecule has 0 aliphatic heterocycles. The van der Waals surface area contributed by atoms with Gasteiger partial charge in [-0.25, -0.2) is 4.79 Å². The molecule has 4 nitrogen and oxygen atoms in total. The molecule has 0 saturated carbocycles. The Morgan fingerprint density at radius 2 is 1.95 bits per heavy atom. The summed E-state index contributed by atoms with van der Waals surface area (Å²) in [7, 11) is 1.34. The molecule has 2 rings (SSSR count). The van der Waals surface area contributed by atoms with E-state index in [0.29, 0.717) is 23.5 Å². The first-order chi connectivity index (χ1) is 9.72. The molecule has 20 heavy (non-hydrogen) atoms. The van der Waals surface area contributed by atoms with Crippen LogP contribution >= 0.6 is 0 Å². The van der Waals surface area contributed by atoms with E-state index in [0.717, 1.165) is 5.56 Å². The molecular formula is C16H13NO3. The highest BCUT2D eigenvalue weighted by Crippen LogP contribution is 2.16. The Kier molecular flexibility index (Phi) is 4.35. The lowest BCUT2D eigenvalue weighted by molar-refractivity contribution is 0.0600. The minimum absolute atomic E-state index is 0.371. The third-order valence-corrected chi connectivity index (χ3v) is 2.74. The number of hydrogen-bond donors (Lipinski definition) is 0. The maximum absolute atomic E-state index is 11.4. The van der Waals surface area contributed by atoms with Crippen LogP contribution in [0.4, 0.5) is 0 Å². The Morgan fingerprint density at radius 3 is 2.60 bits per heavy atom. The van der Waals surface area contributed by atoms with Crippen LogP contribution in [0.2, 0.25) is 0 Å². The van der Waals surface area contributed by atoms with E-state index in [1.165, 1.54) is 7.11 Å². The molecule has 0 amide bonds. The van der Waals surface area contributed by atoms with Crippen LogP contribution in [0.1, 0.15) is 21.5 Å².